The van der Waals surface area contributed by atoms with Crippen molar-refractivity contribution in [3.05, 3.63) is 95.6 Å². The fraction of sp³-hybridized carbons (Fsp3) is 0.120. The Hall–Kier alpha value is -3.51. The fourth-order valence-corrected chi connectivity index (χ4v) is 3.06. The molecule has 0 bridgehead atoms. The van der Waals surface area contributed by atoms with E-state index in [2.05, 4.69) is 28.7 Å². The summed E-state index contributed by atoms with van der Waals surface area (Å²) >= 11 is 0. The van der Waals surface area contributed by atoms with Crippen molar-refractivity contribution in [1.29, 1.82) is 0 Å². The Morgan fingerprint density at radius 3 is 2.18 bits per heavy atom. The van der Waals surface area contributed by atoms with Crippen molar-refractivity contribution < 1.29 is 4.39 Å². The van der Waals surface area contributed by atoms with Gasteiger partial charge in [-0.2, -0.15) is 0 Å². The first kappa shape index (κ1) is 17.9. The highest BCUT2D eigenvalue weighted by molar-refractivity contribution is 5.84. The van der Waals surface area contributed by atoms with Crippen LogP contribution in [0.5, 0.6) is 0 Å². The second-order valence-electron chi connectivity index (χ2n) is 6.70. The first-order valence-electron chi connectivity index (χ1n) is 9.34. The molecule has 3 aromatic carbocycles. The van der Waals surface area contributed by atoms with E-state index < -0.39 is 0 Å². The third kappa shape index (κ3) is 4.07. The molecule has 1 heterocycles. The maximum absolute atomic E-state index is 13.3. The molecule has 2 nitrogen and oxygen atoms in total. The number of aromatic nitrogens is 2. The summed E-state index contributed by atoms with van der Waals surface area (Å²) in [6.45, 7) is 2.14. The van der Waals surface area contributed by atoms with Crippen LogP contribution >= 0.6 is 0 Å². The Balaban J connectivity index is 1.53. The van der Waals surface area contributed by atoms with Crippen LogP contribution in [0.25, 0.3) is 22.2 Å². The summed E-state index contributed by atoms with van der Waals surface area (Å²) in [5.74, 6) is 6.85. The molecule has 0 aliphatic heterocycles. The van der Waals surface area contributed by atoms with Gasteiger partial charge in [0.1, 0.15) is 5.82 Å². The Bertz CT molecular complexity index is 1170. The van der Waals surface area contributed by atoms with Crippen LogP contribution in [0.1, 0.15) is 30.0 Å². The van der Waals surface area contributed by atoms with Crippen LogP contribution in [-0.4, -0.2) is 9.97 Å². The zero-order valence-electron chi connectivity index (χ0n) is 15.6. The molecular weight excluding hydrogens is 347 g/mol. The summed E-state index contributed by atoms with van der Waals surface area (Å²) in [5.41, 5.74) is 3.96. The van der Waals surface area contributed by atoms with Crippen molar-refractivity contribution in [3.63, 3.8) is 0 Å². The molecule has 0 saturated carbocycles. The van der Waals surface area contributed by atoms with Crippen LogP contribution in [0.3, 0.4) is 0 Å². The summed E-state index contributed by atoms with van der Waals surface area (Å²) < 4.78 is 13.3. The van der Waals surface area contributed by atoms with Crippen LogP contribution in [0.2, 0.25) is 0 Å². The minimum absolute atomic E-state index is 0.226. The van der Waals surface area contributed by atoms with Gasteiger partial charge in [-0.05, 0) is 71.3 Å². The molecule has 0 atom stereocenters. The molecule has 1 aromatic heterocycles. The van der Waals surface area contributed by atoms with Gasteiger partial charge < -0.3 is 0 Å². The van der Waals surface area contributed by atoms with Gasteiger partial charge in [0.05, 0.1) is 0 Å². The third-order valence-electron chi connectivity index (χ3n) is 4.54. The van der Waals surface area contributed by atoms with Crippen LogP contribution in [-0.2, 0) is 6.42 Å². The van der Waals surface area contributed by atoms with Crippen LogP contribution in [0, 0.1) is 17.7 Å². The maximum atomic E-state index is 13.3. The van der Waals surface area contributed by atoms with Crippen molar-refractivity contribution in [2.45, 2.75) is 19.8 Å². The fourth-order valence-electron chi connectivity index (χ4n) is 3.06. The van der Waals surface area contributed by atoms with Crippen molar-refractivity contribution in [2.24, 2.45) is 0 Å². The summed E-state index contributed by atoms with van der Waals surface area (Å²) in [5, 5.41) is 1.85. The first-order chi connectivity index (χ1) is 13.7. The lowest BCUT2D eigenvalue weighted by Crippen LogP contribution is -1.92. The molecule has 28 heavy (non-hydrogen) atoms. The lowest BCUT2D eigenvalue weighted by Gasteiger charge is -2.02. The topological polar surface area (TPSA) is 25.8 Å². The van der Waals surface area contributed by atoms with Crippen LogP contribution in [0.4, 0.5) is 4.39 Å². The zero-order chi connectivity index (χ0) is 19.3. The predicted molar refractivity (Wildman–Crippen MR) is 111 cm³/mol. The molecule has 0 saturated heterocycles. The minimum atomic E-state index is -0.226. The number of hydrogen-bond acceptors (Lipinski definition) is 2. The van der Waals surface area contributed by atoms with E-state index in [1.807, 2.05) is 54.9 Å². The van der Waals surface area contributed by atoms with Gasteiger partial charge in [0.2, 0.25) is 0 Å². The van der Waals surface area contributed by atoms with Gasteiger partial charge in [-0.1, -0.05) is 37.3 Å². The molecular formula is C25H19FN2. The van der Waals surface area contributed by atoms with Crippen LogP contribution < -0.4 is 0 Å². The highest BCUT2D eigenvalue weighted by atomic mass is 19.1. The second-order valence-corrected chi connectivity index (χ2v) is 6.70. The normalized spacial score (nSPS) is 10.5. The van der Waals surface area contributed by atoms with Gasteiger partial charge >= 0.3 is 0 Å². The van der Waals surface area contributed by atoms with E-state index in [1.165, 1.54) is 12.1 Å². The number of nitrogens with zero attached hydrogens (tertiary/aromatic N) is 2. The average molecular weight is 366 g/mol. The van der Waals surface area contributed by atoms with E-state index in [0.717, 1.165) is 51.7 Å². The Kier molecular flexibility index (Phi) is 5.12. The smallest absolute Gasteiger partial charge is 0.159 e. The first-order valence-corrected chi connectivity index (χ1v) is 9.34. The standard InChI is InChI=1S/C25H19FN2/c1-2-3-20-16-27-25(28-17-20)21-9-6-18(7-10-21)4-5-19-8-11-23-15-24(26)13-12-22(23)14-19/h6-17H,2-3H2,1H3. The van der Waals surface area contributed by atoms with Crippen molar-refractivity contribution in [2.75, 3.05) is 0 Å². The molecule has 0 unspecified atom stereocenters. The maximum Gasteiger partial charge on any atom is 0.159 e. The lowest BCUT2D eigenvalue weighted by atomic mass is 10.1. The number of halogens is 1. The molecule has 3 heteroatoms. The number of rotatable bonds is 3. The van der Waals surface area contributed by atoms with Gasteiger partial charge in [0.25, 0.3) is 0 Å². The van der Waals surface area contributed by atoms with E-state index in [0.29, 0.717) is 0 Å². The highest BCUT2D eigenvalue weighted by Crippen LogP contribution is 2.18. The van der Waals surface area contributed by atoms with Crippen molar-refractivity contribution >= 4 is 10.8 Å². The van der Waals surface area contributed by atoms with Gasteiger partial charge in [-0.3, -0.25) is 0 Å². The minimum Gasteiger partial charge on any atom is -0.236 e. The second kappa shape index (κ2) is 8.02. The van der Waals surface area contributed by atoms with Gasteiger partial charge in [0.15, 0.2) is 5.82 Å². The molecule has 4 rings (SSSR count). The number of fused-ring (bicyclic) bond motifs is 1. The van der Waals surface area contributed by atoms with E-state index in [9.17, 15) is 4.39 Å². The van der Waals surface area contributed by atoms with Gasteiger partial charge in [0, 0.05) is 29.1 Å². The zero-order valence-corrected chi connectivity index (χ0v) is 15.6. The third-order valence-corrected chi connectivity index (χ3v) is 4.54. The molecule has 0 radical (unpaired) electrons. The molecule has 0 fully saturated rings. The van der Waals surface area contributed by atoms with Crippen LogP contribution in [0.15, 0.2) is 73.1 Å². The van der Waals surface area contributed by atoms with Gasteiger partial charge in [-0.25, -0.2) is 14.4 Å². The molecule has 0 spiro atoms. The summed E-state index contributed by atoms with van der Waals surface area (Å²) in [7, 11) is 0. The molecule has 0 amide bonds. The average Bonchev–Trinajstić information content (AvgIpc) is 2.73. The van der Waals surface area contributed by atoms with Crippen molar-refractivity contribution in [1.82, 2.24) is 9.97 Å². The molecule has 136 valence electrons. The summed E-state index contributed by atoms with van der Waals surface area (Å²) in [4.78, 5) is 8.90. The van der Waals surface area contributed by atoms with E-state index >= 15 is 0 Å². The Labute approximate surface area is 164 Å². The van der Waals surface area contributed by atoms with Gasteiger partial charge in [-0.15, -0.1) is 0 Å². The SMILES string of the molecule is CCCc1cnc(-c2ccc(C#Cc3ccc4cc(F)ccc4c3)cc2)nc1. The molecule has 0 N–H and O–H groups in total. The monoisotopic (exact) mass is 366 g/mol. The Morgan fingerprint density at radius 1 is 0.786 bits per heavy atom. The van der Waals surface area contributed by atoms with E-state index in [1.54, 1.807) is 6.07 Å². The number of benzene rings is 3. The number of aryl methyl sites for hydroxylation is 1. The molecule has 0 aliphatic rings. The lowest BCUT2D eigenvalue weighted by molar-refractivity contribution is 0.630. The predicted octanol–water partition coefficient (Wildman–Crippen LogP) is 5.79. The molecule has 4 aromatic rings. The molecule has 0 aliphatic carbocycles. The van der Waals surface area contributed by atoms with E-state index in [4.69, 9.17) is 0 Å². The quantitative estimate of drug-likeness (QED) is 0.429. The summed E-state index contributed by atoms with van der Waals surface area (Å²) in [6, 6.07) is 18.5. The number of hydrogen-bond donors (Lipinski definition) is 0. The van der Waals surface area contributed by atoms with E-state index in [-0.39, 0.29) is 5.82 Å². The Morgan fingerprint density at radius 2 is 1.43 bits per heavy atom. The summed E-state index contributed by atoms with van der Waals surface area (Å²) in [6.07, 6.45) is 5.87. The largest absolute Gasteiger partial charge is 0.236 e. The highest BCUT2D eigenvalue weighted by Gasteiger charge is 2.01. The van der Waals surface area contributed by atoms with Crippen molar-refractivity contribution in [3.8, 4) is 23.2 Å².